The topological polar surface area (TPSA) is 38.3 Å². The monoisotopic (exact) mass is 185 g/mol. The van der Waals surface area contributed by atoms with Gasteiger partial charge in [-0.3, -0.25) is 0 Å². The maximum Gasteiger partial charge on any atom is 0.330 e. The van der Waals surface area contributed by atoms with E-state index in [1.165, 1.54) is 25.3 Å². The third kappa shape index (κ3) is 9.08. The summed E-state index contributed by atoms with van der Waals surface area (Å²) in [4.78, 5) is 10.6. The lowest BCUT2D eigenvalue weighted by Gasteiger charge is -2.03. The zero-order valence-corrected chi connectivity index (χ0v) is 8.34. The van der Waals surface area contributed by atoms with Gasteiger partial charge in [-0.05, 0) is 13.0 Å². The van der Waals surface area contributed by atoms with Gasteiger partial charge in [0, 0.05) is 12.6 Å². The van der Waals surface area contributed by atoms with Gasteiger partial charge < -0.3 is 10.1 Å². The van der Waals surface area contributed by atoms with Crippen molar-refractivity contribution in [2.75, 3.05) is 19.7 Å². The van der Waals surface area contributed by atoms with Crippen molar-refractivity contribution in [3.8, 4) is 0 Å². The third-order valence-electron chi connectivity index (χ3n) is 1.65. The highest BCUT2D eigenvalue weighted by Gasteiger charge is 1.93. The van der Waals surface area contributed by atoms with Crippen LogP contribution >= 0.6 is 0 Å². The van der Waals surface area contributed by atoms with Crippen LogP contribution in [-0.2, 0) is 9.53 Å². The Hall–Kier alpha value is -0.830. The molecule has 0 aliphatic carbocycles. The lowest BCUT2D eigenvalue weighted by atomic mass is 10.2. The van der Waals surface area contributed by atoms with E-state index in [4.69, 9.17) is 4.74 Å². The van der Waals surface area contributed by atoms with Crippen LogP contribution in [-0.4, -0.2) is 25.7 Å². The zero-order chi connectivity index (χ0) is 9.94. The molecule has 0 saturated heterocycles. The standard InChI is InChI=1S/C10H19NO2/c1-3-5-6-7-11-8-9-13-10(12)4-2/h4,11H,2-3,5-9H2,1H3. The molecule has 0 aromatic heterocycles. The molecule has 13 heavy (non-hydrogen) atoms. The number of carbonyl (C=O) groups excluding carboxylic acids is 1. The van der Waals surface area contributed by atoms with Gasteiger partial charge in [-0.15, -0.1) is 0 Å². The van der Waals surface area contributed by atoms with Gasteiger partial charge in [0.25, 0.3) is 0 Å². The van der Waals surface area contributed by atoms with E-state index in [1.54, 1.807) is 0 Å². The van der Waals surface area contributed by atoms with Crippen molar-refractivity contribution in [1.82, 2.24) is 5.32 Å². The van der Waals surface area contributed by atoms with Crippen LogP contribution in [0.5, 0.6) is 0 Å². The molecule has 0 atom stereocenters. The highest BCUT2D eigenvalue weighted by molar-refractivity contribution is 5.81. The maximum atomic E-state index is 10.6. The number of carbonyl (C=O) groups is 1. The Bertz CT molecular complexity index is 146. The SMILES string of the molecule is C=CC(=O)OCCNCCCCC. The maximum absolute atomic E-state index is 10.6. The van der Waals surface area contributed by atoms with E-state index in [0.717, 1.165) is 13.1 Å². The Kier molecular flexibility index (Phi) is 8.67. The van der Waals surface area contributed by atoms with Crippen molar-refractivity contribution >= 4 is 5.97 Å². The number of esters is 1. The molecule has 0 amide bonds. The molecular formula is C10H19NO2. The molecule has 0 aromatic carbocycles. The number of nitrogens with one attached hydrogen (secondary N) is 1. The number of hydrogen-bond acceptors (Lipinski definition) is 3. The number of ether oxygens (including phenoxy) is 1. The van der Waals surface area contributed by atoms with E-state index in [2.05, 4.69) is 18.8 Å². The fraction of sp³-hybridized carbons (Fsp3) is 0.700. The van der Waals surface area contributed by atoms with Crippen LogP contribution in [0.1, 0.15) is 26.2 Å². The summed E-state index contributed by atoms with van der Waals surface area (Å²) in [6, 6.07) is 0. The normalized spacial score (nSPS) is 9.62. The predicted molar refractivity (Wildman–Crippen MR) is 53.6 cm³/mol. The largest absolute Gasteiger partial charge is 0.461 e. The summed E-state index contributed by atoms with van der Waals surface area (Å²) >= 11 is 0. The summed E-state index contributed by atoms with van der Waals surface area (Å²) in [5.41, 5.74) is 0. The summed E-state index contributed by atoms with van der Waals surface area (Å²) in [5.74, 6) is -0.352. The molecule has 0 rings (SSSR count). The molecule has 0 saturated carbocycles. The number of rotatable bonds is 8. The van der Waals surface area contributed by atoms with Crippen LogP contribution < -0.4 is 5.32 Å². The second-order valence-corrected chi connectivity index (χ2v) is 2.83. The van der Waals surface area contributed by atoms with Crippen molar-refractivity contribution in [3.63, 3.8) is 0 Å². The highest BCUT2D eigenvalue weighted by Crippen LogP contribution is 1.90. The Morgan fingerprint density at radius 2 is 2.23 bits per heavy atom. The van der Waals surface area contributed by atoms with Gasteiger partial charge in [0.05, 0.1) is 0 Å². The van der Waals surface area contributed by atoms with Gasteiger partial charge in [0.15, 0.2) is 0 Å². The molecule has 76 valence electrons. The predicted octanol–water partition coefficient (Wildman–Crippen LogP) is 1.50. The Labute approximate surface area is 80.2 Å². The molecule has 3 heteroatoms. The van der Waals surface area contributed by atoms with Crippen molar-refractivity contribution in [3.05, 3.63) is 12.7 Å². The van der Waals surface area contributed by atoms with Gasteiger partial charge in [-0.2, -0.15) is 0 Å². The number of hydrogen-bond donors (Lipinski definition) is 1. The van der Waals surface area contributed by atoms with Crippen molar-refractivity contribution < 1.29 is 9.53 Å². The Balaban J connectivity index is 2.99. The minimum atomic E-state index is -0.352. The van der Waals surface area contributed by atoms with Gasteiger partial charge >= 0.3 is 5.97 Å². The van der Waals surface area contributed by atoms with Crippen molar-refractivity contribution in [1.29, 1.82) is 0 Å². The van der Waals surface area contributed by atoms with E-state index >= 15 is 0 Å². The van der Waals surface area contributed by atoms with Gasteiger partial charge in [-0.25, -0.2) is 4.79 Å². The van der Waals surface area contributed by atoms with Gasteiger partial charge in [0.2, 0.25) is 0 Å². The van der Waals surface area contributed by atoms with E-state index in [0.29, 0.717) is 6.61 Å². The second-order valence-electron chi connectivity index (χ2n) is 2.83. The molecule has 0 aliphatic rings. The molecule has 0 fully saturated rings. The molecule has 0 aliphatic heterocycles. The Morgan fingerprint density at radius 3 is 2.85 bits per heavy atom. The molecule has 1 N–H and O–H groups in total. The molecule has 0 heterocycles. The van der Waals surface area contributed by atoms with E-state index in [9.17, 15) is 4.79 Å². The van der Waals surface area contributed by atoms with Crippen molar-refractivity contribution in [2.45, 2.75) is 26.2 Å². The van der Waals surface area contributed by atoms with Gasteiger partial charge in [-0.1, -0.05) is 26.3 Å². The Morgan fingerprint density at radius 1 is 1.46 bits per heavy atom. The van der Waals surface area contributed by atoms with Crippen LogP contribution in [0.3, 0.4) is 0 Å². The molecular weight excluding hydrogens is 166 g/mol. The van der Waals surface area contributed by atoms with Crippen LogP contribution in [0.25, 0.3) is 0 Å². The summed E-state index contributed by atoms with van der Waals surface area (Å²) in [5, 5.41) is 3.19. The van der Waals surface area contributed by atoms with Crippen LogP contribution in [0, 0.1) is 0 Å². The minimum absolute atomic E-state index is 0.352. The molecule has 0 unspecified atom stereocenters. The summed E-state index contributed by atoms with van der Waals surface area (Å²) < 4.78 is 4.78. The van der Waals surface area contributed by atoms with Crippen LogP contribution in [0.15, 0.2) is 12.7 Å². The zero-order valence-electron chi connectivity index (χ0n) is 8.34. The lowest BCUT2D eigenvalue weighted by molar-refractivity contribution is -0.137. The lowest BCUT2D eigenvalue weighted by Crippen LogP contribution is -2.21. The summed E-state index contributed by atoms with van der Waals surface area (Å²) in [7, 11) is 0. The summed E-state index contributed by atoms with van der Waals surface area (Å²) in [6.07, 6.45) is 4.84. The molecule has 0 bridgehead atoms. The first kappa shape index (κ1) is 12.2. The first-order chi connectivity index (χ1) is 6.31. The van der Waals surface area contributed by atoms with E-state index < -0.39 is 0 Å². The van der Waals surface area contributed by atoms with Crippen LogP contribution in [0.4, 0.5) is 0 Å². The molecule has 0 aromatic rings. The van der Waals surface area contributed by atoms with E-state index in [-0.39, 0.29) is 5.97 Å². The van der Waals surface area contributed by atoms with Crippen molar-refractivity contribution in [2.24, 2.45) is 0 Å². The number of unbranched alkanes of at least 4 members (excludes halogenated alkanes) is 2. The highest BCUT2D eigenvalue weighted by atomic mass is 16.5. The fourth-order valence-corrected chi connectivity index (χ4v) is 0.908. The fourth-order valence-electron chi connectivity index (χ4n) is 0.908. The molecule has 0 spiro atoms. The average Bonchev–Trinajstić information content (AvgIpc) is 2.16. The average molecular weight is 185 g/mol. The summed E-state index contributed by atoms with van der Waals surface area (Å²) in [6.45, 7) is 7.63. The first-order valence-electron chi connectivity index (χ1n) is 4.81. The quantitative estimate of drug-likeness (QED) is 0.354. The van der Waals surface area contributed by atoms with Crippen LogP contribution in [0.2, 0.25) is 0 Å². The minimum Gasteiger partial charge on any atom is -0.461 e. The van der Waals surface area contributed by atoms with E-state index in [1.807, 2.05) is 0 Å². The van der Waals surface area contributed by atoms with Gasteiger partial charge in [0.1, 0.15) is 6.61 Å². The third-order valence-corrected chi connectivity index (χ3v) is 1.65. The first-order valence-corrected chi connectivity index (χ1v) is 4.81. The molecule has 3 nitrogen and oxygen atoms in total. The smallest absolute Gasteiger partial charge is 0.330 e. The molecule has 0 radical (unpaired) electrons. The second kappa shape index (κ2) is 9.26.